The third kappa shape index (κ3) is 3.20. The Hall–Kier alpha value is -2.14. The molecule has 0 radical (unpaired) electrons. The molecule has 5 heteroatoms. The number of para-hydroxylation sites is 1. The van der Waals surface area contributed by atoms with Crippen LogP contribution in [0, 0.1) is 0 Å². The highest BCUT2D eigenvalue weighted by Gasteiger charge is 2.09. The molecule has 0 atom stereocenters. The van der Waals surface area contributed by atoms with E-state index in [9.17, 15) is 0 Å². The molecule has 0 bridgehead atoms. The first-order valence-electron chi connectivity index (χ1n) is 6.09. The molecule has 2 aromatic rings. The molecule has 0 spiro atoms. The number of nitrogen functional groups attached to an aromatic ring is 1. The van der Waals surface area contributed by atoms with Gasteiger partial charge in [0.25, 0.3) is 0 Å². The van der Waals surface area contributed by atoms with Crippen molar-refractivity contribution >= 4 is 5.82 Å². The van der Waals surface area contributed by atoms with Crippen LogP contribution in [-0.4, -0.2) is 23.7 Å². The maximum atomic E-state index is 5.80. The van der Waals surface area contributed by atoms with Gasteiger partial charge in [-0.25, -0.2) is 9.97 Å². The average molecular weight is 259 g/mol. The number of rotatable bonds is 5. The number of ether oxygens (including phenoxy) is 2. The molecule has 0 aliphatic carbocycles. The van der Waals surface area contributed by atoms with Crippen molar-refractivity contribution < 1.29 is 9.47 Å². The van der Waals surface area contributed by atoms with Crippen LogP contribution in [-0.2, 0) is 11.3 Å². The summed E-state index contributed by atoms with van der Waals surface area (Å²) >= 11 is 0. The minimum absolute atomic E-state index is 0.328. The second-order valence-corrected chi connectivity index (χ2v) is 3.96. The highest BCUT2D eigenvalue weighted by atomic mass is 16.5. The number of benzene rings is 1. The maximum absolute atomic E-state index is 5.80. The minimum Gasteiger partial charge on any atom is -0.493 e. The third-order valence-electron chi connectivity index (χ3n) is 2.53. The van der Waals surface area contributed by atoms with Crippen LogP contribution in [0.1, 0.15) is 12.7 Å². The van der Waals surface area contributed by atoms with E-state index in [1.54, 1.807) is 13.2 Å². The van der Waals surface area contributed by atoms with Crippen molar-refractivity contribution in [2.24, 2.45) is 0 Å². The van der Waals surface area contributed by atoms with Crippen molar-refractivity contribution in [1.82, 2.24) is 9.97 Å². The average Bonchev–Trinajstić information content (AvgIpc) is 2.39. The quantitative estimate of drug-likeness (QED) is 0.892. The van der Waals surface area contributed by atoms with Crippen molar-refractivity contribution in [3.63, 3.8) is 0 Å². The molecule has 0 fully saturated rings. The Kier molecular flexibility index (Phi) is 4.30. The fourth-order valence-corrected chi connectivity index (χ4v) is 1.81. The molecule has 19 heavy (non-hydrogen) atoms. The molecule has 0 aliphatic heterocycles. The second kappa shape index (κ2) is 6.15. The Bertz CT molecular complexity index is 558. The Balaban J connectivity index is 2.46. The Morgan fingerprint density at radius 2 is 2.00 bits per heavy atom. The van der Waals surface area contributed by atoms with Gasteiger partial charge in [-0.05, 0) is 19.1 Å². The van der Waals surface area contributed by atoms with Gasteiger partial charge in [0.1, 0.15) is 18.2 Å². The van der Waals surface area contributed by atoms with Crippen LogP contribution in [0.3, 0.4) is 0 Å². The summed E-state index contributed by atoms with van der Waals surface area (Å²) in [6.45, 7) is 2.87. The summed E-state index contributed by atoms with van der Waals surface area (Å²) in [5.41, 5.74) is 7.44. The number of hydrogen-bond donors (Lipinski definition) is 1. The van der Waals surface area contributed by atoms with Crippen LogP contribution in [0.15, 0.2) is 30.3 Å². The van der Waals surface area contributed by atoms with Gasteiger partial charge in [-0.2, -0.15) is 0 Å². The van der Waals surface area contributed by atoms with E-state index in [1.807, 2.05) is 31.2 Å². The fourth-order valence-electron chi connectivity index (χ4n) is 1.81. The summed E-state index contributed by atoms with van der Waals surface area (Å²) < 4.78 is 10.6. The monoisotopic (exact) mass is 259 g/mol. The van der Waals surface area contributed by atoms with Gasteiger partial charge in [-0.1, -0.05) is 12.1 Å². The first-order chi connectivity index (χ1) is 9.24. The molecule has 0 aliphatic rings. The van der Waals surface area contributed by atoms with Gasteiger partial charge >= 0.3 is 0 Å². The first-order valence-corrected chi connectivity index (χ1v) is 6.09. The van der Waals surface area contributed by atoms with E-state index in [1.165, 1.54) is 0 Å². The van der Waals surface area contributed by atoms with Gasteiger partial charge < -0.3 is 15.2 Å². The number of anilines is 1. The zero-order valence-electron chi connectivity index (χ0n) is 11.1. The van der Waals surface area contributed by atoms with E-state index in [0.29, 0.717) is 24.9 Å². The summed E-state index contributed by atoms with van der Waals surface area (Å²) in [5, 5.41) is 0. The number of nitrogens with two attached hydrogens (primary N) is 1. The van der Waals surface area contributed by atoms with Gasteiger partial charge in [0.05, 0.1) is 12.3 Å². The maximum Gasteiger partial charge on any atom is 0.157 e. The van der Waals surface area contributed by atoms with Crippen LogP contribution in [0.5, 0.6) is 5.75 Å². The molecule has 1 heterocycles. The predicted molar refractivity (Wildman–Crippen MR) is 73.8 cm³/mol. The van der Waals surface area contributed by atoms with Crippen molar-refractivity contribution in [3.8, 4) is 17.0 Å². The van der Waals surface area contributed by atoms with E-state index in [2.05, 4.69) is 9.97 Å². The minimum atomic E-state index is 0.328. The van der Waals surface area contributed by atoms with Crippen LogP contribution in [0.2, 0.25) is 0 Å². The second-order valence-electron chi connectivity index (χ2n) is 3.96. The van der Waals surface area contributed by atoms with E-state index in [0.717, 1.165) is 17.0 Å². The van der Waals surface area contributed by atoms with Crippen LogP contribution in [0.25, 0.3) is 11.3 Å². The Morgan fingerprint density at radius 3 is 2.74 bits per heavy atom. The highest BCUT2D eigenvalue weighted by molar-refractivity contribution is 5.68. The van der Waals surface area contributed by atoms with Gasteiger partial charge in [0.15, 0.2) is 5.82 Å². The largest absolute Gasteiger partial charge is 0.493 e. The predicted octanol–water partition coefficient (Wildman–Crippen LogP) is 2.27. The Labute approximate surface area is 112 Å². The van der Waals surface area contributed by atoms with E-state index in [4.69, 9.17) is 15.2 Å². The lowest BCUT2D eigenvalue weighted by Gasteiger charge is -2.10. The molecular weight excluding hydrogens is 242 g/mol. The molecule has 0 unspecified atom stereocenters. The summed E-state index contributed by atoms with van der Waals surface area (Å²) in [7, 11) is 1.60. The summed E-state index contributed by atoms with van der Waals surface area (Å²) in [6.07, 6.45) is 0. The summed E-state index contributed by atoms with van der Waals surface area (Å²) in [4.78, 5) is 8.57. The third-order valence-corrected chi connectivity index (χ3v) is 2.53. The lowest BCUT2D eigenvalue weighted by atomic mass is 10.1. The number of aromatic nitrogens is 2. The lowest BCUT2D eigenvalue weighted by molar-refractivity contribution is 0.178. The molecule has 0 saturated heterocycles. The first kappa shape index (κ1) is 13.3. The van der Waals surface area contributed by atoms with Crippen molar-refractivity contribution in [2.75, 3.05) is 19.5 Å². The van der Waals surface area contributed by atoms with Gasteiger partial charge in [-0.15, -0.1) is 0 Å². The lowest BCUT2D eigenvalue weighted by Crippen LogP contribution is -2.03. The van der Waals surface area contributed by atoms with Gasteiger partial charge in [0, 0.05) is 18.7 Å². The molecule has 0 saturated carbocycles. The zero-order valence-corrected chi connectivity index (χ0v) is 11.1. The van der Waals surface area contributed by atoms with Crippen LogP contribution >= 0.6 is 0 Å². The number of nitrogens with zero attached hydrogens (tertiary/aromatic N) is 2. The standard InChI is InChI=1S/C14H17N3O2/c1-3-19-12-7-5-4-6-10(12)11-8-13(15)17-14(16-11)9-18-2/h4-8H,3,9H2,1-2H3,(H2,15,16,17). The molecule has 1 aromatic carbocycles. The Morgan fingerprint density at radius 1 is 1.21 bits per heavy atom. The molecule has 100 valence electrons. The number of methoxy groups -OCH3 is 1. The summed E-state index contributed by atoms with van der Waals surface area (Å²) in [5.74, 6) is 1.76. The molecule has 2 N–H and O–H groups in total. The molecule has 2 rings (SSSR count). The molecule has 1 aromatic heterocycles. The molecule has 0 amide bonds. The van der Waals surface area contributed by atoms with E-state index < -0.39 is 0 Å². The van der Waals surface area contributed by atoms with Crippen molar-refractivity contribution in [3.05, 3.63) is 36.2 Å². The SMILES string of the molecule is CCOc1ccccc1-c1cc(N)nc(COC)n1. The topological polar surface area (TPSA) is 70.3 Å². The van der Waals surface area contributed by atoms with E-state index in [-0.39, 0.29) is 0 Å². The van der Waals surface area contributed by atoms with Crippen LogP contribution < -0.4 is 10.5 Å². The molecular formula is C14H17N3O2. The van der Waals surface area contributed by atoms with Crippen molar-refractivity contribution in [2.45, 2.75) is 13.5 Å². The highest BCUT2D eigenvalue weighted by Crippen LogP contribution is 2.29. The summed E-state index contributed by atoms with van der Waals surface area (Å²) in [6, 6.07) is 9.45. The van der Waals surface area contributed by atoms with E-state index >= 15 is 0 Å². The fraction of sp³-hybridized carbons (Fsp3) is 0.286. The van der Waals surface area contributed by atoms with Crippen LogP contribution in [0.4, 0.5) is 5.82 Å². The molecule has 5 nitrogen and oxygen atoms in total. The van der Waals surface area contributed by atoms with Crippen molar-refractivity contribution in [1.29, 1.82) is 0 Å². The van der Waals surface area contributed by atoms with Gasteiger partial charge in [0.2, 0.25) is 0 Å². The number of hydrogen-bond acceptors (Lipinski definition) is 5. The normalized spacial score (nSPS) is 10.4. The zero-order chi connectivity index (χ0) is 13.7. The van der Waals surface area contributed by atoms with Gasteiger partial charge in [-0.3, -0.25) is 0 Å². The smallest absolute Gasteiger partial charge is 0.157 e.